The third-order valence-corrected chi connectivity index (χ3v) is 4.97. The lowest BCUT2D eigenvalue weighted by Crippen LogP contribution is -2.30. The molecule has 1 atom stereocenters. The zero-order valence-corrected chi connectivity index (χ0v) is 13.5. The van der Waals surface area contributed by atoms with E-state index in [2.05, 4.69) is 36.2 Å². The lowest BCUT2D eigenvalue weighted by Gasteiger charge is -2.24. The number of rotatable bonds is 3. The van der Waals surface area contributed by atoms with Gasteiger partial charge >= 0.3 is 0 Å². The predicted molar refractivity (Wildman–Crippen MR) is 88.2 cm³/mol. The van der Waals surface area contributed by atoms with Crippen molar-refractivity contribution in [1.82, 2.24) is 9.88 Å². The number of aryl methyl sites for hydroxylation is 1. The summed E-state index contributed by atoms with van der Waals surface area (Å²) in [6, 6.07) is 11.9. The standard InChI is InChI=1S/C17H18N2O2S/c1-12-3-5-13(6-4-12)17-19(9-10-22-17)16(20)14-7-8-15(21-2)18-11-14/h3-8,11,17H,9-10H2,1-2H3. The fraction of sp³-hybridized carbons (Fsp3) is 0.294. The Bertz CT molecular complexity index is 655. The van der Waals surface area contributed by atoms with Gasteiger partial charge in [0.1, 0.15) is 5.37 Å². The Morgan fingerprint density at radius 1 is 1.27 bits per heavy atom. The van der Waals surface area contributed by atoms with Crippen molar-refractivity contribution in [3.8, 4) is 5.88 Å². The number of benzene rings is 1. The molecule has 2 heterocycles. The number of ether oxygens (including phenoxy) is 1. The van der Waals surface area contributed by atoms with Crippen LogP contribution in [0.5, 0.6) is 5.88 Å². The van der Waals surface area contributed by atoms with Gasteiger partial charge in [-0.2, -0.15) is 0 Å². The third-order valence-electron chi connectivity index (χ3n) is 3.71. The smallest absolute Gasteiger partial charge is 0.256 e. The summed E-state index contributed by atoms with van der Waals surface area (Å²) < 4.78 is 5.04. The van der Waals surface area contributed by atoms with Crippen LogP contribution in [0.3, 0.4) is 0 Å². The summed E-state index contributed by atoms with van der Waals surface area (Å²) in [6.07, 6.45) is 1.58. The first-order chi connectivity index (χ1) is 10.7. The third kappa shape index (κ3) is 2.95. The van der Waals surface area contributed by atoms with E-state index in [0.29, 0.717) is 11.4 Å². The number of carbonyl (C=O) groups is 1. The van der Waals surface area contributed by atoms with E-state index in [-0.39, 0.29) is 11.3 Å². The molecular weight excluding hydrogens is 296 g/mol. The van der Waals surface area contributed by atoms with Crippen LogP contribution in [0.1, 0.15) is 26.9 Å². The van der Waals surface area contributed by atoms with Gasteiger partial charge in [0.25, 0.3) is 5.91 Å². The quantitative estimate of drug-likeness (QED) is 0.872. The highest BCUT2D eigenvalue weighted by Crippen LogP contribution is 2.38. The average Bonchev–Trinajstić information content (AvgIpc) is 3.04. The number of nitrogens with zero attached hydrogens (tertiary/aromatic N) is 2. The maximum atomic E-state index is 12.7. The molecule has 2 aromatic rings. The van der Waals surface area contributed by atoms with Gasteiger partial charge in [0.05, 0.1) is 12.7 Å². The van der Waals surface area contributed by atoms with Gasteiger partial charge in [-0.25, -0.2) is 4.98 Å². The van der Waals surface area contributed by atoms with E-state index in [1.807, 2.05) is 4.90 Å². The molecule has 1 amide bonds. The molecule has 22 heavy (non-hydrogen) atoms. The lowest BCUT2D eigenvalue weighted by molar-refractivity contribution is 0.0760. The van der Waals surface area contributed by atoms with Crippen molar-refractivity contribution in [3.05, 3.63) is 59.3 Å². The molecule has 1 aliphatic rings. The highest BCUT2D eigenvalue weighted by Gasteiger charge is 2.31. The predicted octanol–water partition coefficient (Wildman–Crippen LogP) is 3.29. The lowest BCUT2D eigenvalue weighted by atomic mass is 10.1. The van der Waals surface area contributed by atoms with E-state index >= 15 is 0 Å². The maximum absolute atomic E-state index is 12.7. The van der Waals surface area contributed by atoms with E-state index in [1.165, 1.54) is 11.1 Å². The van der Waals surface area contributed by atoms with E-state index in [4.69, 9.17) is 4.74 Å². The van der Waals surface area contributed by atoms with Crippen molar-refractivity contribution in [3.63, 3.8) is 0 Å². The molecule has 5 heteroatoms. The number of methoxy groups -OCH3 is 1. The van der Waals surface area contributed by atoms with E-state index in [0.717, 1.165) is 12.3 Å². The van der Waals surface area contributed by atoms with Crippen molar-refractivity contribution < 1.29 is 9.53 Å². The Hall–Kier alpha value is -2.01. The van der Waals surface area contributed by atoms with Gasteiger partial charge in [0.15, 0.2) is 0 Å². The number of pyridine rings is 1. The monoisotopic (exact) mass is 314 g/mol. The van der Waals surface area contributed by atoms with Crippen LogP contribution in [-0.2, 0) is 0 Å². The first-order valence-electron chi connectivity index (χ1n) is 7.18. The van der Waals surface area contributed by atoms with Gasteiger partial charge in [-0.1, -0.05) is 29.8 Å². The van der Waals surface area contributed by atoms with Crippen LogP contribution < -0.4 is 4.74 Å². The van der Waals surface area contributed by atoms with Crippen molar-refractivity contribution in [2.24, 2.45) is 0 Å². The van der Waals surface area contributed by atoms with Crippen LogP contribution in [0.25, 0.3) is 0 Å². The Morgan fingerprint density at radius 2 is 2.05 bits per heavy atom. The molecule has 0 radical (unpaired) electrons. The van der Waals surface area contributed by atoms with E-state index in [1.54, 1.807) is 37.2 Å². The molecule has 1 aliphatic heterocycles. The normalized spacial score (nSPS) is 17.5. The molecule has 4 nitrogen and oxygen atoms in total. The highest BCUT2D eigenvalue weighted by molar-refractivity contribution is 7.99. The molecule has 1 saturated heterocycles. The number of aromatic nitrogens is 1. The van der Waals surface area contributed by atoms with Crippen LogP contribution in [0.4, 0.5) is 0 Å². The largest absolute Gasteiger partial charge is 0.481 e. The minimum Gasteiger partial charge on any atom is -0.481 e. The molecule has 114 valence electrons. The fourth-order valence-electron chi connectivity index (χ4n) is 2.48. The zero-order valence-electron chi connectivity index (χ0n) is 12.7. The summed E-state index contributed by atoms with van der Waals surface area (Å²) in [5, 5.41) is 0.0789. The molecule has 0 aliphatic carbocycles. The Kier molecular flexibility index (Phi) is 4.34. The maximum Gasteiger partial charge on any atom is 0.256 e. The summed E-state index contributed by atoms with van der Waals surface area (Å²) in [4.78, 5) is 18.8. The van der Waals surface area contributed by atoms with Crippen LogP contribution in [0.15, 0.2) is 42.6 Å². The topological polar surface area (TPSA) is 42.4 Å². The van der Waals surface area contributed by atoms with Crippen molar-refractivity contribution in [1.29, 1.82) is 0 Å². The van der Waals surface area contributed by atoms with Crippen molar-refractivity contribution >= 4 is 17.7 Å². The van der Waals surface area contributed by atoms with Crippen LogP contribution in [-0.4, -0.2) is 35.2 Å². The highest BCUT2D eigenvalue weighted by atomic mass is 32.2. The Balaban J connectivity index is 1.82. The van der Waals surface area contributed by atoms with Gasteiger partial charge in [0, 0.05) is 24.6 Å². The molecule has 0 saturated carbocycles. The molecule has 1 aromatic carbocycles. The van der Waals surface area contributed by atoms with Crippen LogP contribution in [0, 0.1) is 6.92 Å². The molecule has 1 fully saturated rings. The average molecular weight is 314 g/mol. The number of amides is 1. The Labute approximate surface area is 134 Å². The SMILES string of the molecule is COc1ccc(C(=O)N2CCSC2c2ccc(C)cc2)cn1. The van der Waals surface area contributed by atoms with Crippen molar-refractivity contribution in [2.75, 3.05) is 19.4 Å². The van der Waals surface area contributed by atoms with E-state index < -0.39 is 0 Å². The molecule has 1 aromatic heterocycles. The molecular formula is C17H18N2O2S. The summed E-state index contributed by atoms with van der Waals surface area (Å²) in [5.74, 6) is 1.49. The molecule has 0 spiro atoms. The van der Waals surface area contributed by atoms with Gasteiger partial charge < -0.3 is 9.64 Å². The number of hydrogen-bond donors (Lipinski definition) is 0. The minimum atomic E-state index is 0.0192. The van der Waals surface area contributed by atoms with Gasteiger partial charge in [0.2, 0.25) is 5.88 Å². The van der Waals surface area contributed by atoms with Gasteiger partial charge in [-0.05, 0) is 18.6 Å². The Morgan fingerprint density at radius 3 is 2.68 bits per heavy atom. The molecule has 0 N–H and O–H groups in total. The van der Waals surface area contributed by atoms with Crippen molar-refractivity contribution in [2.45, 2.75) is 12.3 Å². The molecule has 0 bridgehead atoms. The second kappa shape index (κ2) is 6.40. The summed E-state index contributed by atoms with van der Waals surface area (Å²) in [5.41, 5.74) is 2.99. The van der Waals surface area contributed by atoms with Crippen LogP contribution >= 0.6 is 11.8 Å². The summed E-state index contributed by atoms with van der Waals surface area (Å²) in [6.45, 7) is 2.82. The second-order valence-electron chi connectivity index (χ2n) is 5.22. The first-order valence-corrected chi connectivity index (χ1v) is 8.23. The summed E-state index contributed by atoms with van der Waals surface area (Å²) in [7, 11) is 1.56. The molecule has 3 rings (SSSR count). The summed E-state index contributed by atoms with van der Waals surface area (Å²) >= 11 is 1.80. The van der Waals surface area contributed by atoms with Gasteiger partial charge in [-0.3, -0.25) is 4.79 Å². The number of thioether (sulfide) groups is 1. The first kappa shape index (κ1) is 14.9. The minimum absolute atomic E-state index is 0.0192. The zero-order chi connectivity index (χ0) is 15.5. The van der Waals surface area contributed by atoms with E-state index in [9.17, 15) is 4.79 Å². The number of carbonyl (C=O) groups excluding carboxylic acids is 1. The van der Waals surface area contributed by atoms with Gasteiger partial charge in [-0.15, -0.1) is 11.8 Å². The fourth-order valence-corrected chi connectivity index (χ4v) is 3.73. The van der Waals surface area contributed by atoms with Crippen LogP contribution in [0.2, 0.25) is 0 Å². The second-order valence-corrected chi connectivity index (χ2v) is 6.41. The number of hydrogen-bond acceptors (Lipinski definition) is 4. The molecule has 1 unspecified atom stereocenters.